The number of nitrogens with zero attached hydrogens (tertiary/aromatic N) is 4. The highest BCUT2D eigenvalue weighted by molar-refractivity contribution is 6.24. The van der Waals surface area contributed by atoms with Crippen LogP contribution in [0.25, 0.3) is 11.2 Å². The summed E-state index contributed by atoms with van der Waals surface area (Å²) in [5, 5.41) is 24.3. The maximum absolute atomic E-state index is 10.8. The van der Waals surface area contributed by atoms with Gasteiger partial charge in [-0.2, -0.15) is 9.97 Å². The summed E-state index contributed by atoms with van der Waals surface area (Å²) in [6.07, 6.45) is -1.34. The van der Waals surface area contributed by atoms with E-state index in [1.807, 2.05) is 67.6 Å². The van der Waals surface area contributed by atoms with Crippen molar-refractivity contribution in [3.05, 3.63) is 108 Å². The Bertz CT molecular complexity index is 1680. The quantitative estimate of drug-likeness (QED) is 0.149. The van der Waals surface area contributed by atoms with E-state index in [-0.39, 0.29) is 11.8 Å². The van der Waals surface area contributed by atoms with E-state index in [0.717, 1.165) is 22.4 Å². The number of aliphatic hydroxyl groups excluding tert-OH is 2. The number of alkyl halides is 1. The van der Waals surface area contributed by atoms with Gasteiger partial charge in [-0.1, -0.05) is 72.8 Å². The second kappa shape index (κ2) is 12.0. The van der Waals surface area contributed by atoms with Gasteiger partial charge in [-0.25, -0.2) is 4.98 Å². The number of hydrogen-bond donors (Lipinski definition) is 3. The molecule has 44 heavy (non-hydrogen) atoms. The van der Waals surface area contributed by atoms with E-state index in [1.54, 1.807) is 18.6 Å². The number of hydrogen-bond acceptors (Lipinski definition) is 9. The van der Waals surface area contributed by atoms with Crippen molar-refractivity contribution >= 4 is 28.7 Å². The van der Waals surface area contributed by atoms with Crippen LogP contribution in [-0.4, -0.2) is 67.1 Å². The van der Waals surface area contributed by atoms with Crippen LogP contribution in [-0.2, 0) is 10.3 Å². The van der Waals surface area contributed by atoms with Gasteiger partial charge in [-0.05, 0) is 42.7 Å². The number of aliphatic hydroxyl groups is 2. The van der Waals surface area contributed by atoms with Gasteiger partial charge in [-0.15, -0.1) is 11.6 Å². The molecule has 228 valence electrons. The monoisotopic (exact) mass is 615 g/mol. The molecule has 5 aromatic rings. The summed E-state index contributed by atoms with van der Waals surface area (Å²) in [7, 11) is 1.64. The van der Waals surface area contributed by atoms with Crippen LogP contribution in [0, 0.1) is 0 Å². The Kier molecular flexibility index (Phi) is 8.17. The van der Waals surface area contributed by atoms with E-state index >= 15 is 0 Å². The Balaban J connectivity index is 1.57. The van der Waals surface area contributed by atoms with Crippen molar-refractivity contribution in [3.63, 3.8) is 0 Å². The van der Waals surface area contributed by atoms with E-state index in [0.29, 0.717) is 17.8 Å². The average molecular weight is 616 g/mol. The van der Waals surface area contributed by atoms with Gasteiger partial charge in [0.1, 0.15) is 28.4 Å². The van der Waals surface area contributed by atoms with Crippen molar-refractivity contribution in [3.8, 4) is 11.6 Å². The highest BCUT2D eigenvalue weighted by atomic mass is 35.5. The molecule has 1 fully saturated rings. The lowest BCUT2D eigenvalue weighted by atomic mass is 9.77. The summed E-state index contributed by atoms with van der Waals surface area (Å²) in [6.45, 7) is 3.48. The van der Waals surface area contributed by atoms with Crippen LogP contribution in [0.1, 0.15) is 36.8 Å². The van der Waals surface area contributed by atoms with Gasteiger partial charge in [0.05, 0.1) is 26.7 Å². The molecule has 0 saturated carbocycles. The van der Waals surface area contributed by atoms with Gasteiger partial charge in [0, 0.05) is 0 Å². The number of aromatic nitrogens is 4. The Labute approximate surface area is 260 Å². The number of imidazole rings is 1. The van der Waals surface area contributed by atoms with Crippen LogP contribution in [0.5, 0.6) is 11.6 Å². The maximum atomic E-state index is 10.8. The summed E-state index contributed by atoms with van der Waals surface area (Å²) in [5.41, 5.74) is 2.68. The third-order valence-corrected chi connectivity index (χ3v) is 8.47. The molecular weight excluding hydrogens is 582 g/mol. The van der Waals surface area contributed by atoms with Crippen LogP contribution in [0.4, 0.5) is 5.95 Å². The van der Waals surface area contributed by atoms with Crippen LogP contribution in [0.2, 0.25) is 0 Å². The van der Waals surface area contributed by atoms with E-state index in [2.05, 4.69) is 34.6 Å². The fourth-order valence-electron chi connectivity index (χ4n) is 5.82. The molecular formula is C33H34ClN5O5. The van der Waals surface area contributed by atoms with Crippen molar-refractivity contribution in [2.75, 3.05) is 25.6 Å². The number of benzene rings is 3. The standard InChI is InChI=1S/C33H34ClN5O5/c1-4-43-29-26-28(39(20-35-26)30-32(2,34)27(41)25(19-40)44-30)36-31(37-29)38-33(21-11-7-5-8-12-21,22-13-9-6-10-14-22)23-15-17-24(42-3)18-16-23/h5-18,20,25,27,30,40-41H,4,19H2,1-3H3,(H,36,37,38)/t25-,27-,30-,32-/m1/s1. The Hall–Kier alpha value is -4.22. The molecule has 3 N–H and O–H groups in total. The fourth-order valence-corrected chi connectivity index (χ4v) is 6.12. The van der Waals surface area contributed by atoms with Gasteiger partial charge in [0.25, 0.3) is 0 Å². The van der Waals surface area contributed by atoms with Gasteiger partial charge >= 0.3 is 0 Å². The van der Waals surface area contributed by atoms with Crippen molar-refractivity contribution < 1.29 is 24.4 Å². The van der Waals surface area contributed by atoms with E-state index in [9.17, 15) is 10.2 Å². The van der Waals surface area contributed by atoms with E-state index in [4.69, 9.17) is 35.8 Å². The molecule has 1 aliphatic rings. The average Bonchev–Trinajstić information content (AvgIpc) is 3.58. The molecule has 2 aromatic heterocycles. The first-order valence-corrected chi connectivity index (χ1v) is 14.8. The number of fused-ring (bicyclic) bond motifs is 1. The highest BCUT2D eigenvalue weighted by Crippen LogP contribution is 2.45. The summed E-state index contributed by atoms with van der Waals surface area (Å²) in [6, 6.07) is 28.0. The van der Waals surface area contributed by atoms with Crippen LogP contribution in [0.15, 0.2) is 91.3 Å². The van der Waals surface area contributed by atoms with Crippen LogP contribution in [0.3, 0.4) is 0 Å². The molecule has 0 bridgehead atoms. The molecule has 3 heterocycles. The number of anilines is 1. The molecule has 4 atom stereocenters. The summed E-state index contributed by atoms with van der Waals surface area (Å²) >= 11 is 6.83. The minimum absolute atomic E-state index is 0.264. The minimum atomic E-state index is -1.27. The van der Waals surface area contributed by atoms with Crippen molar-refractivity contribution in [2.24, 2.45) is 0 Å². The van der Waals surface area contributed by atoms with Gasteiger partial charge in [0.2, 0.25) is 11.8 Å². The molecule has 1 aliphatic heterocycles. The normalized spacial score (nSPS) is 21.8. The SMILES string of the molecule is CCOc1nc(NC(c2ccccc2)(c2ccccc2)c2ccc(OC)cc2)nc2c1ncn2[C@@H]1O[C@H](CO)[C@@H](O)[C@@]1(C)Cl. The number of halogens is 1. The number of rotatable bonds is 10. The van der Waals surface area contributed by atoms with E-state index in [1.165, 1.54) is 6.33 Å². The lowest BCUT2D eigenvalue weighted by Gasteiger charge is -2.37. The summed E-state index contributed by atoms with van der Waals surface area (Å²) in [5.74, 6) is 1.27. The molecule has 6 rings (SSSR count). The molecule has 0 aliphatic carbocycles. The van der Waals surface area contributed by atoms with Gasteiger partial charge in [-0.3, -0.25) is 4.57 Å². The van der Waals surface area contributed by atoms with Gasteiger partial charge < -0.3 is 29.7 Å². The Morgan fingerprint density at radius 1 is 0.977 bits per heavy atom. The largest absolute Gasteiger partial charge is 0.497 e. The Morgan fingerprint density at radius 2 is 1.59 bits per heavy atom. The first kappa shape index (κ1) is 29.8. The maximum Gasteiger partial charge on any atom is 0.247 e. The zero-order valence-electron chi connectivity index (χ0n) is 24.6. The number of nitrogens with one attached hydrogen (secondary N) is 1. The first-order chi connectivity index (χ1) is 21.3. The third-order valence-electron chi connectivity index (χ3n) is 8.06. The molecule has 1 saturated heterocycles. The number of methoxy groups -OCH3 is 1. The molecule has 0 amide bonds. The van der Waals surface area contributed by atoms with E-state index < -0.39 is 35.5 Å². The lowest BCUT2D eigenvalue weighted by Crippen LogP contribution is -2.39. The molecule has 3 aromatic carbocycles. The number of ether oxygens (including phenoxy) is 3. The predicted molar refractivity (Wildman–Crippen MR) is 167 cm³/mol. The molecule has 11 heteroatoms. The van der Waals surface area contributed by atoms with Crippen LogP contribution < -0.4 is 14.8 Å². The topological polar surface area (TPSA) is 124 Å². The second-order valence-corrected chi connectivity index (χ2v) is 11.6. The first-order valence-electron chi connectivity index (χ1n) is 14.4. The minimum Gasteiger partial charge on any atom is -0.497 e. The molecule has 0 unspecified atom stereocenters. The molecule has 0 spiro atoms. The van der Waals surface area contributed by atoms with Crippen molar-refractivity contribution in [1.82, 2.24) is 19.5 Å². The van der Waals surface area contributed by atoms with Crippen LogP contribution >= 0.6 is 11.6 Å². The smallest absolute Gasteiger partial charge is 0.247 e. The third kappa shape index (κ3) is 5.03. The van der Waals surface area contributed by atoms with Crippen molar-refractivity contribution in [1.29, 1.82) is 0 Å². The molecule has 10 nitrogen and oxygen atoms in total. The van der Waals surface area contributed by atoms with Crippen molar-refractivity contribution in [2.45, 2.75) is 42.7 Å². The highest BCUT2D eigenvalue weighted by Gasteiger charge is 2.53. The molecule has 0 radical (unpaired) electrons. The zero-order valence-corrected chi connectivity index (χ0v) is 25.3. The summed E-state index contributed by atoms with van der Waals surface area (Å²) in [4.78, 5) is 13.0. The van der Waals surface area contributed by atoms with Gasteiger partial charge in [0.15, 0.2) is 17.4 Å². The Morgan fingerprint density at radius 3 is 2.14 bits per heavy atom. The second-order valence-electron chi connectivity index (χ2n) is 10.8. The summed E-state index contributed by atoms with van der Waals surface area (Å²) < 4.78 is 19.1. The predicted octanol–water partition coefficient (Wildman–Crippen LogP) is 4.89. The fraction of sp³-hybridized carbons (Fsp3) is 0.303. The lowest BCUT2D eigenvalue weighted by molar-refractivity contribution is -0.0441. The zero-order chi connectivity index (χ0) is 30.9.